The number of benzene rings is 4. The van der Waals surface area contributed by atoms with Crippen molar-refractivity contribution in [2.75, 3.05) is 7.11 Å². The maximum absolute atomic E-state index is 6.16. The molecule has 3 aromatic heterocycles. The van der Waals surface area contributed by atoms with Crippen molar-refractivity contribution < 1.29 is 21.5 Å². The second kappa shape index (κ2) is 13.6. The summed E-state index contributed by atoms with van der Waals surface area (Å²) < 4.78 is 8.54. The Morgan fingerprint density at radius 2 is 1.04 bits per heavy atom. The van der Waals surface area contributed by atoms with Crippen LogP contribution in [0.5, 0.6) is 0 Å². The van der Waals surface area contributed by atoms with Crippen LogP contribution in [0.3, 0.4) is 0 Å². The number of rotatable bonds is 5. The fourth-order valence-electron chi connectivity index (χ4n) is 7.02. The van der Waals surface area contributed by atoms with Gasteiger partial charge in [-0.1, -0.05) is 109 Å². The van der Waals surface area contributed by atoms with Crippen LogP contribution in [-0.4, -0.2) is 26.6 Å². The molecule has 6 heteroatoms. The van der Waals surface area contributed by atoms with Crippen LogP contribution in [0.4, 0.5) is 0 Å². The number of nitrogens with zero attached hydrogens (tertiary/aromatic N) is 3. The number of hydrogen-bond acceptors (Lipinski definition) is 3. The minimum absolute atomic E-state index is 0. The van der Waals surface area contributed by atoms with E-state index in [0.29, 0.717) is 5.76 Å². The summed E-state index contributed by atoms with van der Waals surface area (Å²) in [6, 6.07) is 52.9. The molecule has 2 aliphatic rings. The molecule has 1 radical (unpaired) electrons. The van der Waals surface area contributed by atoms with Crippen LogP contribution < -0.4 is 0 Å². The molecule has 7 aromatic rings. The Morgan fingerprint density at radius 3 is 1.63 bits per heavy atom. The average Bonchev–Trinajstić information content (AvgIpc) is 3.97. The van der Waals surface area contributed by atoms with Crippen LogP contribution in [-0.2, 0) is 21.5 Å². The van der Waals surface area contributed by atoms with E-state index >= 15 is 0 Å². The number of fused-ring (bicyclic) bond motifs is 8. The third-order valence-corrected chi connectivity index (χ3v) is 9.16. The van der Waals surface area contributed by atoms with E-state index in [1.54, 1.807) is 7.11 Å². The van der Waals surface area contributed by atoms with E-state index in [2.05, 4.69) is 173 Å². The Balaban J connectivity index is 0.00000374. The van der Waals surface area contributed by atoms with E-state index in [9.17, 15) is 0 Å². The maximum Gasteiger partial charge on any atom is 0.147 e. The zero-order chi connectivity index (χ0) is 33.4. The zero-order valence-electron chi connectivity index (χ0n) is 27.7. The van der Waals surface area contributed by atoms with Crippen molar-refractivity contribution in [3.8, 4) is 39.1 Å². The van der Waals surface area contributed by atoms with Crippen LogP contribution in [0.2, 0.25) is 0 Å². The number of aromatic nitrogens is 4. The van der Waals surface area contributed by atoms with Crippen LogP contribution >= 0.6 is 0 Å². The van der Waals surface area contributed by atoms with Crippen molar-refractivity contribution in [3.05, 3.63) is 174 Å². The molecule has 1 N–H and O–H groups in total. The first kappa shape index (κ1) is 32.0. The summed E-state index contributed by atoms with van der Waals surface area (Å²) in [5.41, 5.74) is 14.7. The van der Waals surface area contributed by atoms with Gasteiger partial charge >= 0.3 is 0 Å². The summed E-state index contributed by atoms with van der Waals surface area (Å²) in [6.45, 7) is 0. The Morgan fingerprint density at radius 1 is 0.529 bits per heavy atom. The summed E-state index contributed by atoms with van der Waals surface area (Å²) >= 11 is 0. The Hall–Kier alpha value is -6.21. The first-order valence-electron chi connectivity index (χ1n) is 16.7. The standard InChI is InChI=1S/C45H32N4O.Co/c1-50-40-29-37-27-35-23-22-33(46-35)26-34-24-25-36(47-34)28-39-41(30-14-6-2-7-15-30)42(31-16-8-3-9-17-31)45(49(39)38-20-12-5-13-21-38)43(44(40)48-37)32-18-10-4-11-19-32;/h2-29,46H,1H3;. The molecule has 0 aliphatic carbocycles. The molecule has 4 aromatic carbocycles. The summed E-state index contributed by atoms with van der Waals surface area (Å²) in [5, 5.41) is 0. The molecule has 8 bridgehead atoms. The zero-order valence-corrected chi connectivity index (χ0v) is 28.8. The third kappa shape index (κ3) is 5.91. The molecule has 0 saturated heterocycles. The summed E-state index contributed by atoms with van der Waals surface area (Å²) in [5.74, 6) is 0.700. The average molecular weight is 704 g/mol. The van der Waals surface area contributed by atoms with Crippen molar-refractivity contribution in [1.29, 1.82) is 0 Å². The van der Waals surface area contributed by atoms with E-state index in [0.717, 1.165) is 83.9 Å². The maximum atomic E-state index is 6.16. The van der Waals surface area contributed by atoms with E-state index < -0.39 is 0 Å². The largest absolute Gasteiger partial charge is 0.494 e. The molecule has 5 heterocycles. The normalized spacial score (nSPS) is 11.9. The molecule has 0 spiro atoms. The number of hydrogen-bond donors (Lipinski definition) is 1. The van der Waals surface area contributed by atoms with E-state index in [-0.39, 0.29) is 16.8 Å². The van der Waals surface area contributed by atoms with Gasteiger partial charge in [0.05, 0.1) is 35.2 Å². The summed E-state index contributed by atoms with van der Waals surface area (Å²) in [6.07, 6.45) is 6.19. The Labute approximate surface area is 306 Å². The molecule has 0 saturated carbocycles. The number of H-pyrrole nitrogens is 1. The fourth-order valence-corrected chi connectivity index (χ4v) is 7.02. The van der Waals surface area contributed by atoms with Crippen LogP contribution in [0.15, 0.2) is 152 Å². The number of methoxy groups -OCH3 is 1. The minimum Gasteiger partial charge on any atom is -0.494 e. The monoisotopic (exact) mass is 703 g/mol. The predicted octanol–water partition coefficient (Wildman–Crippen LogP) is 11.1. The number of ether oxygens (including phenoxy) is 1. The van der Waals surface area contributed by atoms with Gasteiger partial charge in [0.1, 0.15) is 11.5 Å². The molecule has 0 amide bonds. The van der Waals surface area contributed by atoms with Gasteiger partial charge in [-0.25, -0.2) is 9.97 Å². The Bertz CT molecular complexity index is 2610. The third-order valence-electron chi connectivity index (χ3n) is 9.16. The van der Waals surface area contributed by atoms with Gasteiger partial charge in [-0.2, -0.15) is 0 Å². The van der Waals surface area contributed by atoms with Crippen molar-refractivity contribution >= 4 is 46.1 Å². The van der Waals surface area contributed by atoms with E-state index in [1.165, 1.54) is 0 Å². The van der Waals surface area contributed by atoms with Gasteiger partial charge in [-0.3, -0.25) is 0 Å². The molecule has 247 valence electrons. The van der Waals surface area contributed by atoms with Crippen molar-refractivity contribution in [1.82, 2.24) is 19.5 Å². The van der Waals surface area contributed by atoms with Gasteiger partial charge in [0, 0.05) is 56.3 Å². The molecular formula is C45H32CoN4O. The molecule has 0 unspecified atom stereocenters. The number of nitrogens with one attached hydrogen (secondary N) is 1. The molecular weight excluding hydrogens is 671 g/mol. The number of para-hydroxylation sites is 1. The molecule has 9 rings (SSSR count). The van der Waals surface area contributed by atoms with Gasteiger partial charge in [-0.05, 0) is 71.3 Å². The van der Waals surface area contributed by atoms with Crippen molar-refractivity contribution in [2.24, 2.45) is 0 Å². The van der Waals surface area contributed by atoms with Gasteiger partial charge in [0.2, 0.25) is 0 Å². The molecule has 0 atom stereocenters. The molecule has 0 fully saturated rings. The first-order valence-corrected chi connectivity index (χ1v) is 16.7. The van der Waals surface area contributed by atoms with Crippen molar-refractivity contribution in [3.63, 3.8) is 0 Å². The Kier molecular flexibility index (Phi) is 8.54. The van der Waals surface area contributed by atoms with Crippen molar-refractivity contribution in [2.45, 2.75) is 0 Å². The van der Waals surface area contributed by atoms with Crippen LogP contribution in [0.25, 0.3) is 85.1 Å². The predicted molar refractivity (Wildman–Crippen MR) is 206 cm³/mol. The smallest absolute Gasteiger partial charge is 0.147 e. The first-order chi connectivity index (χ1) is 24.7. The number of aromatic amines is 1. The van der Waals surface area contributed by atoms with Gasteiger partial charge < -0.3 is 14.3 Å². The molecule has 2 aliphatic heterocycles. The van der Waals surface area contributed by atoms with Gasteiger partial charge in [0.15, 0.2) is 0 Å². The second-order valence-electron chi connectivity index (χ2n) is 12.3. The van der Waals surface area contributed by atoms with Crippen LogP contribution in [0, 0.1) is 0 Å². The topological polar surface area (TPSA) is 55.7 Å². The van der Waals surface area contributed by atoms with E-state index in [4.69, 9.17) is 14.7 Å². The summed E-state index contributed by atoms with van der Waals surface area (Å²) in [4.78, 5) is 13.9. The minimum atomic E-state index is 0. The molecule has 51 heavy (non-hydrogen) atoms. The quantitative estimate of drug-likeness (QED) is 0.194. The van der Waals surface area contributed by atoms with Crippen LogP contribution in [0.1, 0.15) is 22.8 Å². The van der Waals surface area contributed by atoms with Gasteiger partial charge in [-0.15, -0.1) is 0 Å². The second-order valence-corrected chi connectivity index (χ2v) is 12.3. The molecule has 5 nitrogen and oxygen atoms in total. The SMILES string of the molecule is COC1=Cc2cc3ccc(cc4nc(cc5c(-c6ccccc6)c(-c6ccccc6)c(c(-c6ccccc6)c1n2)n5-c1ccccc1)C=C4)[nH]3.[Co]. The summed E-state index contributed by atoms with van der Waals surface area (Å²) in [7, 11) is 1.72. The van der Waals surface area contributed by atoms with Gasteiger partial charge in [0.25, 0.3) is 0 Å². The van der Waals surface area contributed by atoms with E-state index in [1.807, 2.05) is 6.08 Å². The fraction of sp³-hybridized carbons (Fsp3) is 0.0222.